The van der Waals surface area contributed by atoms with Gasteiger partial charge in [-0.05, 0) is 31.5 Å². The topological polar surface area (TPSA) is 139 Å². The predicted octanol–water partition coefficient (Wildman–Crippen LogP) is 1.62. The number of unbranched alkanes of at least 4 members (excludes halogenated alkanes) is 1. The van der Waals surface area contributed by atoms with Crippen molar-refractivity contribution in [1.29, 1.82) is 0 Å². The smallest absolute Gasteiger partial charge is 0.330 e. The van der Waals surface area contributed by atoms with E-state index in [1.165, 1.54) is 33.1 Å². The zero-order chi connectivity index (χ0) is 24.1. The van der Waals surface area contributed by atoms with Crippen molar-refractivity contribution >= 4 is 27.4 Å². The SMILES string of the molecule is CCCCn1c(N)c(N(CC)C(=O)c2cccc(S(=O)(=O)N(CC)CC)c2)c(=O)[nH]c1=O. The summed E-state index contributed by atoms with van der Waals surface area (Å²) >= 11 is 0. The molecule has 11 heteroatoms. The lowest BCUT2D eigenvalue weighted by molar-refractivity contribution is 0.0987. The van der Waals surface area contributed by atoms with Crippen molar-refractivity contribution in [3.63, 3.8) is 0 Å². The molecule has 0 radical (unpaired) electrons. The van der Waals surface area contributed by atoms with Crippen LogP contribution in [-0.4, -0.2) is 47.8 Å². The summed E-state index contributed by atoms with van der Waals surface area (Å²) in [7, 11) is -3.77. The number of carbonyl (C=O) groups is 1. The predicted molar refractivity (Wildman–Crippen MR) is 125 cm³/mol. The summed E-state index contributed by atoms with van der Waals surface area (Å²) in [6.07, 6.45) is 1.48. The van der Waals surface area contributed by atoms with Crippen LogP contribution in [0.5, 0.6) is 0 Å². The number of carbonyl (C=O) groups excluding carboxylic acids is 1. The van der Waals surface area contributed by atoms with Crippen LogP contribution in [0.4, 0.5) is 11.5 Å². The number of aromatic nitrogens is 2. The molecule has 0 atom stereocenters. The Labute approximate surface area is 187 Å². The van der Waals surface area contributed by atoms with Crippen LogP contribution in [0.1, 0.15) is 50.9 Å². The number of hydrogen-bond donors (Lipinski definition) is 2. The number of nitrogens with two attached hydrogens (primary N) is 1. The normalized spacial score (nSPS) is 11.7. The Kier molecular flexibility index (Phi) is 8.39. The largest absolute Gasteiger partial charge is 0.383 e. The second kappa shape index (κ2) is 10.6. The first-order valence-corrected chi connectivity index (χ1v) is 12.1. The fourth-order valence-electron chi connectivity index (χ4n) is 3.44. The van der Waals surface area contributed by atoms with E-state index in [0.717, 1.165) is 11.3 Å². The first-order chi connectivity index (χ1) is 15.1. The van der Waals surface area contributed by atoms with Crippen molar-refractivity contribution in [1.82, 2.24) is 13.9 Å². The molecule has 0 saturated heterocycles. The van der Waals surface area contributed by atoms with Gasteiger partial charge in [0.25, 0.3) is 11.5 Å². The fraction of sp³-hybridized carbons (Fsp3) is 0.476. The molecule has 10 nitrogen and oxygen atoms in total. The van der Waals surface area contributed by atoms with Gasteiger partial charge in [-0.3, -0.25) is 19.1 Å². The first-order valence-electron chi connectivity index (χ1n) is 10.7. The lowest BCUT2D eigenvalue weighted by Gasteiger charge is -2.24. The number of nitrogens with zero attached hydrogens (tertiary/aromatic N) is 3. The van der Waals surface area contributed by atoms with E-state index in [1.807, 2.05) is 6.92 Å². The van der Waals surface area contributed by atoms with Crippen LogP contribution >= 0.6 is 0 Å². The van der Waals surface area contributed by atoms with Crippen molar-refractivity contribution in [2.75, 3.05) is 30.3 Å². The van der Waals surface area contributed by atoms with Gasteiger partial charge in [0.1, 0.15) is 5.82 Å². The minimum absolute atomic E-state index is 0.0158. The molecule has 1 amide bonds. The lowest BCUT2D eigenvalue weighted by atomic mass is 10.2. The van der Waals surface area contributed by atoms with Crippen molar-refractivity contribution in [2.45, 2.75) is 52.0 Å². The van der Waals surface area contributed by atoms with E-state index in [9.17, 15) is 22.8 Å². The molecule has 0 aliphatic heterocycles. The van der Waals surface area contributed by atoms with Gasteiger partial charge in [0.15, 0.2) is 5.69 Å². The number of amides is 1. The van der Waals surface area contributed by atoms with Gasteiger partial charge in [0, 0.05) is 31.7 Å². The Morgan fingerprint density at radius 1 is 1.09 bits per heavy atom. The quantitative estimate of drug-likeness (QED) is 0.547. The molecule has 3 N–H and O–H groups in total. The van der Waals surface area contributed by atoms with Gasteiger partial charge in [-0.15, -0.1) is 0 Å². The van der Waals surface area contributed by atoms with Crippen LogP contribution in [0.25, 0.3) is 0 Å². The molecule has 0 bridgehead atoms. The summed E-state index contributed by atoms with van der Waals surface area (Å²) in [5.41, 5.74) is 4.68. The standard InChI is InChI=1S/C21H31N5O5S/c1-5-9-13-26-18(22)17(19(27)23-21(26)29)25(8-4)20(28)15-11-10-12-16(14-15)32(30,31)24(6-2)7-3/h10-12,14H,5-9,13,22H2,1-4H3,(H,23,27,29). The maximum Gasteiger partial charge on any atom is 0.330 e. The molecule has 0 fully saturated rings. The highest BCUT2D eigenvalue weighted by molar-refractivity contribution is 7.89. The average molecular weight is 466 g/mol. The number of nitrogens with one attached hydrogen (secondary N) is 1. The molecule has 0 spiro atoms. The third-order valence-electron chi connectivity index (χ3n) is 5.20. The van der Waals surface area contributed by atoms with E-state index in [0.29, 0.717) is 26.1 Å². The molecular weight excluding hydrogens is 434 g/mol. The Morgan fingerprint density at radius 2 is 1.75 bits per heavy atom. The lowest BCUT2D eigenvalue weighted by Crippen LogP contribution is -2.41. The maximum absolute atomic E-state index is 13.3. The van der Waals surface area contributed by atoms with Crippen molar-refractivity contribution in [2.24, 2.45) is 0 Å². The van der Waals surface area contributed by atoms with Gasteiger partial charge >= 0.3 is 5.69 Å². The molecule has 176 valence electrons. The Balaban J connectivity index is 2.56. The van der Waals surface area contributed by atoms with Gasteiger partial charge < -0.3 is 10.6 Å². The van der Waals surface area contributed by atoms with E-state index in [2.05, 4.69) is 4.98 Å². The Hall–Kier alpha value is -2.92. The number of sulfonamides is 1. The molecule has 0 unspecified atom stereocenters. The number of H-pyrrole nitrogens is 1. The minimum atomic E-state index is -3.77. The van der Waals surface area contributed by atoms with Gasteiger partial charge in [0.05, 0.1) is 4.90 Å². The molecule has 1 aromatic carbocycles. The average Bonchev–Trinajstić information content (AvgIpc) is 2.76. The van der Waals surface area contributed by atoms with E-state index in [4.69, 9.17) is 5.73 Å². The fourth-order valence-corrected chi connectivity index (χ4v) is 4.94. The monoisotopic (exact) mass is 465 g/mol. The molecular formula is C21H31N5O5S. The molecule has 0 aliphatic rings. The number of benzene rings is 1. The van der Waals surface area contributed by atoms with E-state index in [-0.39, 0.29) is 28.5 Å². The summed E-state index contributed by atoms with van der Waals surface area (Å²) in [6.45, 7) is 8.06. The molecule has 1 aromatic heterocycles. The first kappa shape index (κ1) is 25.3. The Morgan fingerprint density at radius 3 is 2.31 bits per heavy atom. The highest BCUT2D eigenvalue weighted by atomic mass is 32.2. The van der Waals surface area contributed by atoms with Crippen LogP contribution in [0.3, 0.4) is 0 Å². The number of aromatic amines is 1. The summed E-state index contributed by atoms with van der Waals surface area (Å²) in [6, 6.07) is 5.67. The van der Waals surface area contributed by atoms with Crippen LogP contribution in [0.2, 0.25) is 0 Å². The van der Waals surface area contributed by atoms with Gasteiger partial charge in [-0.2, -0.15) is 4.31 Å². The van der Waals surface area contributed by atoms with Crippen LogP contribution < -0.4 is 21.9 Å². The van der Waals surface area contributed by atoms with Gasteiger partial charge in [-0.25, -0.2) is 13.2 Å². The van der Waals surface area contributed by atoms with Gasteiger partial charge in [0.2, 0.25) is 10.0 Å². The van der Waals surface area contributed by atoms with Crippen LogP contribution in [0.15, 0.2) is 38.8 Å². The summed E-state index contributed by atoms with van der Waals surface area (Å²) in [5, 5.41) is 0. The molecule has 1 heterocycles. The maximum atomic E-state index is 13.3. The van der Waals surface area contributed by atoms with Crippen LogP contribution in [0, 0.1) is 0 Å². The highest BCUT2D eigenvalue weighted by Crippen LogP contribution is 2.22. The third kappa shape index (κ3) is 4.94. The zero-order valence-electron chi connectivity index (χ0n) is 18.9. The molecule has 2 rings (SSSR count). The third-order valence-corrected chi connectivity index (χ3v) is 7.25. The second-order valence-corrected chi connectivity index (χ2v) is 9.10. The van der Waals surface area contributed by atoms with Crippen LogP contribution in [-0.2, 0) is 16.6 Å². The number of rotatable bonds is 10. The molecule has 32 heavy (non-hydrogen) atoms. The van der Waals surface area contributed by atoms with Crippen molar-refractivity contribution in [3.8, 4) is 0 Å². The number of nitrogen functional groups attached to an aromatic ring is 1. The van der Waals surface area contributed by atoms with E-state index >= 15 is 0 Å². The van der Waals surface area contributed by atoms with E-state index < -0.39 is 27.2 Å². The summed E-state index contributed by atoms with van der Waals surface area (Å²) < 4.78 is 28.2. The minimum Gasteiger partial charge on any atom is -0.383 e. The molecule has 0 aliphatic carbocycles. The summed E-state index contributed by atoms with van der Waals surface area (Å²) in [4.78, 5) is 41.4. The number of hydrogen-bond acceptors (Lipinski definition) is 6. The molecule has 2 aromatic rings. The zero-order valence-corrected chi connectivity index (χ0v) is 19.7. The highest BCUT2D eigenvalue weighted by Gasteiger charge is 2.26. The summed E-state index contributed by atoms with van der Waals surface area (Å²) in [5.74, 6) is -0.698. The van der Waals surface area contributed by atoms with Gasteiger partial charge in [-0.1, -0.05) is 33.3 Å². The second-order valence-electron chi connectivity index (χ2n) is 7.16. The molecule has 0 saturated carbocycles. The van der Waals surface area contributed by atoms with E-state index in [1.54, 1.807) is 20.8 Å². The van der Waals surface area contributed by atoms with Crippen molar-refractivity contribution in [3.05, 3.63) is 50.7 Å². The van der Waals surface area contributed by atoms with Crippen molar-refractivity contribution < 1.29 is 13.2 Å². The Bertz CT molecular complexity index is 1180. The number of anilines is 2.